The third-order valence-electron chi connectivity index (χ3n) is 0.464. The normalized spacial score (nSPS) is 11.1. The van der Waals surface area contributed by atoms with E-state index in [2.05, 4.69) is 21.8 Å². The summed E-state index contributed by atoms with van der Waals surface area (Å²) in [4.78, 5) is 3.78. The molecule has 0 amide bonds. The Morgan fingerprint density at radius 3 is 2.75 bits per heavy atom. The van der Waals surface area contributed by atoms with Gasteiger partial charge in [-0.3, -0.25) is 4.99 Å². The molecule has 0 aliphatic rings. The fourth-order valence-corrected chi connectivity index (χ4v) is 0.195. The van der Waals surface area contributed by atoms with Crippen molar-refractivity contribution in [2.45, 2.75) is 6.92 Å². The standard InChI is InChI=1S/C5H9N3/c1-3-6-5-8-7-4-2/h4-5H,2-3H2,1H3. The number of nitrogens with zero attached hydrogens (tertiary/aromatic N) is 3. The molecule has 3 nitrogen and oxygen atoms in total. The summed E-state index contributed by atoms with van der Waals surface area (Å²) in [7, 11) is 0. The van der Waals surface area contributed by atoms with Gasteiger partial charge in [-0.2, -0.15) is 5.11 Å². The molecule has 44 valence electrons. The lowest BCUT2D eigenvalue weighted by molar-refractivity contribution is 1.12. The highest BCUT2D eigenvalue weighted by Gasteiger charge is 1.59. The van der Waals surface area contributed by atoms with Gasteiger partial charge < -0.3 is 0 Å². The number of rotatable bonds is 3. The molecule has 3 heteroatoms. The average Bonchev–Trinajstić information content (AvgIpc) is 1.81. The molecule has 0 unspecified atom stereocenters. The van der Waals surface area contributed by atoms with Crippen molar-refractivity contribution >= 4 is 6.34 Å². The number of hydrogen-bond donors (Lipinski definition) is 0. The van der Waals surface area contributed by atoms with Crippen molar-refractivity contribution in [2.24, 2.45) is 15.2 Å². The van der Waals surface area contributed by atoms with Gasteiger partial charge in [0.1, 0.15) is 6.34 Å². The summed E-state index contributed by atoms with van der Waals surface area (Å²) in [6, 6.07) is 0. The maximum absolute atomic E-state index is 3.78. The maximum atomic E-state index is 3.78. The van der Waals surface area contributed by atoms with E-state index in [-0.39, 0.29) is 0 Å². The maximum Gasteiger partial charge on any atom is 0.132 e. The highest BCUT2D eigenvalue weighted by Crippen LogP contribution is 1.70. The molecule has 0 fully saturated rings. The molecule has 0 aromatic rings. The lowest BCUT2D eigenvalue weighted by Crippen LogP contribution is -1.66. The summed E-state index contributed by atoms with van der Waals surface area (Å²) in [5.74, 6) is 0. The highest BCUT2D eigenvalue weighted by molar-refractivity contribution is 5.54. The lowest BCUT2D eigenvalue weighted by atomic mass is 10.8. The van der Waals surface area contributed by atoms with Crippen LogP contribution in [0.15, 0.2) is 28.0 Å². The first-order chi connectivity index (χ1) is 3.91. The van der Waals surface area contributed by atoms with Crippen LogP contribution >= 0.6 is 0 Å². The zero-order valence-corrected chi connectivity index (χ0v) is 4.91. The van der Waals surface area contributed by atoms with E-state index in [9.17, 15) is 0 Å². The molecule has 0 heterocycles. The Morgan fingerprint density at radius 1 is 1.50 bits per heavy atom. The van der Waals surface area contributed by atoms with Crippen molar-refractivity contribution in [3.05, 3.63) is 12.8 Å². The summed E-state index contributed by atoms with van der Waals surface area (Å²) in [6.45, 7) is 6.01. The third-order valence-corrected chi connectivity index (χ3v) is 0.464. The van der Waals surface area contributed by atoms with Crippen LogP contribution in [0.2, 0.25) is 0 Å². The van der Waals surface area contributed by atoms with Crippen molar-refractivity contribution < 1.29 is 0 Å². The van der Waals surface area contributed by atoms with Crippen molar-refractivity contribution in [1.29, 1.82) is 0 Å². The van der Waals surface area contributed by atoms with E-state index in [0.717, 1.165) is 6.54 Å². The van der Waals surface area contributed by atoms with Crippen LogP contribution in [-0.4, -0.2) is 12.9 Å². The van der Waals surface area contributed by atoms with Crippen LogP contribution in [0.5, 0.6) is 0 Å². The van der Waals surface area contributed by atoms with Crippen LogP contribution in [0, 0.1) is 0 Å². The van der Waals surface area contributed by atoms with E-state index >= 15 is 0 Å². The summed E-state index contributed by atoms with van der Waals surface area (Å²) >= 11 is 0. The summed E-state index contributed by atoms with van der Waals surface area (Å²) in [6.07, 6.45) is 2.77. The van der Waals surface area contributed by atoms with Gasteiger partial charge in [0.15, 0.2) is 0 Å². The zero-order chi connectivity index (χ0) is 6.24. The molecular formula is C5H9N3. The van der Waals surface area contributed by atoms with Gasteiger partial charge in [0, 0.05) is 12.7 Å². The van der Waals surface area contributed by atoms with Crippen LogP contribution in [0.3, 0.4) is 0 Å². The number of hydrogen-bond acceptors (Lipinski definition) is 2. The molecule has 0 radical (unpaired) electrons. The van der Waals surface area contributed by atoms with Crippen LogP contribution in [0.1, 0.15) is 6.92 Å². The van der Waals surface area contributed by atoms with Crippen LogP contribution in [0.25, 0.3) is 0 Å². The molecule has 0 aliphatic carbocycles. The predicted octanol–water partition coefficient (Wildman–Crippen LogP) is 1.63. The van der Waals surface area contributed by atoms with Gasteiger partial charge in [0.25, 0.3) is 0 Å². The van der Waals surface area contributed by atoms with Crippen molar-refractivity contribution in [1.82, 2.24) is 0 Å². The van der Waals surface area contributed by atoms with Gasteiger partial charge in [0.2, 0.25) is 0 Å². The van der Waals surface area contributed by atoms with Gasteiger partial charge in [-0.05, 0) is 6.92 Å². The van der Waals surface area contributed by atoms with Crippen molar-refractivity contribution in [2.75, 3.05) is 6.54 Å². The Hall–Kier alpha value is -0.990. The minimum atomic E-state index is 0.746. The largest absolute Gasteiger partial charge is 0.272 e. The quantitative estimate of drug-likeness (QED) is 0.301. The second-order valence-corrected chi connectivity index (χ2v) is 1.03. The molecule has 0 saturated carbocycles. The van der Waals surface area contributed by atoms with Gasteiger partial charge >= 0.3 is 0 Å². The van der Waals surface area contributed by atoms with E-state index in [0.29, 0.717) is 0 Å². The van der Waals surface area contributed by atoms with Crippen LogP contribution < -0.4 is 0 Å². The monoisotopic (exact) mass is 111 g/mol. The first-order valence-electron chi connectivity index (χ1n) is 2.41. The van der Waals surface area contributed by atoms with Gasteiger partial charge in [-0.1, -0.05) is 6.58 Å². The zero-order valence-electron chi connectivity index (χ0n) is 4.91. The predicted molar refractivity (Wildman–Crippen MR) is 34.1 cm³/mol. The summed E-state index contributed by atoms with van der Waals surface area (Å²) < 4.78 is 0. The molecule has 0 aliphatic heterocycles. The van der Waals surface area contributed by atoms with Crippen molar-refractivity contribution in [3.63, 3.8) is 0 Å². The van der Waals surface area contributed by atoms with Crippen LogP contribution in [0.4, 0.5) is 0 Å². The highest BCUT2D eigenvalue weighted by atomic mass is 15.1. The fourth-order valence-electron chi connectivity index (χ4n) is 0.195. The number of aliphatic imine (C=N–C) groups is 1. The number of azo groups is 1. The summed E-state index contributed by atoms with van der Waals surface area (Å²) in [5, 5.41) is 6.94. The molecule has 8 heavy (non-hydrogen) atoms. The molecular weight excluding hydrogens is 102 g/mol. The molecule has 0 aromatic heterocycles. The first-order valence-corrected chi connectivity index (χ1v) is 2.41. The van der Waals surface area contributed by atoms with E-state index in [1.54, 1.807) is 0 Å². The molecule has 0 atom stereocenters. The van der Waals surface area contributed by atoms with E-state index < -0.39 is 0 Å². The minimum Gasteiger partial charge on any atom is -0.272 e. The Morgan fingerprint density at radius 2 is 2.25 bits per heavy atom. The van der Waals surface area contributed by atoms with Crippen LogP contribution in [-0.2, 0) is 0 Å². The second kappa shape index (κ2) is 6.01. The Labute approximate surface area is 48.9 Å². The average molecular weight is 111 g/mol. The molecule has 0 N–H and O–H groups in total. The van der Waals surface area contributed by atoms with E-state index in [1.807, 2.05) is 6.92 Å². The molecule has 0 bridgehead atoms. The smallest absolute Gasteiger partial charge is 0.132 e. The van der Waals surface area contributed by atoms with Gasteiger partial charge in [-0.25, -0.2) is 0 Å². The molecule has 0 rings (SSSR count). The minimum absolute atomic E-state index is 0.746. The Bertz CT molecular complexity index is 104. The lowest BCUT2D eigenvalue weighted by Gasteiger charge is -1.72. The van der Waals surface area contributed by atoms with Gasteiger partial charge in [-0.15, -0.1) is 5.11 Å². The van der Waals surface area contributed by atoms with Crippen molar-refractivity contribution in [3.8, 4) is 0 Å². The second-order valence-electron chi connectivity index (χ2n) is 1.03. The van der Waals surface area contributed by atoms with Gasteiger partial charge in [0.05, 0.1) is 0 Å². The first kappa shape index (κ1) is 7.01. The Kier molecular flexibility index (Phi) is 5.27. The van der Waals surface area contributed by atoms with E-state index in [4.69, 9.17) is 0 Å². The molecule has 0 saturated heterocycles. The molecule has 0 spiro atoms. The third kappa shape index (κ3) is 5.01. The Balaban J connectivity index is 3.26. The van der Waals surface area contributed by atoms with E-state index in [1.165, 1.54) is 12.5 Å². The molecule has 0 aromatic carbocycles. The SMILES string of the molecule is C=CN=NC=NCC. The topological polar surface area (TPSA) is 37.1 Å². The summed E-state index contributed by atoms with van der Waals surface area (Å²) in [5.41, 5.74) is 0. The fraction of sp³-hybridized carbons (Fsp3) is 0.400.